The Morgan fingerprint density at radius 2 is 1.95 bits per heavy atom. The van der Waals surface area contributed by atoms with Crippen molar-refractivity contribution in [2.24, 2.45) is 5.92 Å². The first-order valence-electron chi connectivity index (χ1n) is 7.00. The minimum atomic E-state index is -0.441. The van der Waals surface area contributed by atoms with Crippen molar-refractivity contribution < 1.29 is 28.5 Å². The van der Waals surface area contributed by atoms with Gasteiger partial charge in [0.2, 0.25) is 0 Å². The topological polar surface area (TPSA) is 63.2 Å². The largest absolute Gasteiger partial charge is 0.460 e. The van der Waals surface area contributed by atoms with Crippen LogP contribution in [0.25, 0.3) is 0 Å². The molecule has 0 bridgehead atoms. The Morgan fingerprint density at radius 3 is 2.68 bits per heavy atom. The Bertz CT molecular complexity index is 308. The lowest BCUT2D eigenvalue weighted by molar-refractivity contribution is -0.179. The molecule has 3 fully saturated rings. The van der Waals surface area contributed by atoms with E-state index in [2.05, 4.69) is 0 Å². The van der Waals surface area contributed by atoms with Crippen LogP contribution in [0.1, 0.15) is 25.7 Å². The van der Waals surface area contributed by atoms with Crippen molar-refractivity contribution in [2.75, 3.05) is 26.4 Å². The number of esters is 1. The molecule has 0 aromatic carbocycles. The van der Waals surface area contributed by atoms with Crippen LogP contribution in [-0.4, -0.2) is 51.1 Å². The van der Waals surface area contributed by atoms with Crippen LogP contribution >= 0.6 is 0 Å². The van der Waals surface area contributed by atoms with Gasteiger partial charge in [-0.25, -0.2) is 0 Å². The zero-order chi connectivity index (χ0) is 13.1. The first-order valence-corrected chi connectivity index (χ1v) is 7.00. The van der Waals surface area contributed by atoms with Crippen LogP contribution in [0.4, 0.5) is 0 Å². The monoisotopic (exact) mass is 272 g/mol. The number of hydrogen-bond donors (Lipinski definition) is 0. The van der Waals surface area contributed by atoms with Crippen LogP contribution in [-0.2, 0) is 28.5 Å². The summed E-state index contributed by atoms with van der Waals surface area (Å²) >= 11 is 0. The molecule has 3 atom stereocenters. The van der Waals surface area contributed by atoms with E-state index >= 15 is 0 Å². The van der Waals surface area contributed by atoms with E-state index in [-0.39, 0.29) is 24.3 Å². The molecule has 19 heavy (non-hydrogen) atoms. The molecule has 0 N–H and O–H groups in total. The summed E-state index contributed by atoms with van der Waals surface area (Å²) in [4.78, 5) is 11.8. The van der Waals surface area contributed by atoms with E-state index in [1.165, 1.54) is 0 Å². The molecule has 3 aliphatic heterocycles. The highest BCUT2D eigenvalue weighted by Gasteiger charge is 2.42. The first kappa shape index (κ1) is 13.3. The minimum absolute atomic E-state index is 0.148. The highest BCUT2D eigenvalue weighted by atomic mass is 16.7. The van der Waals surface area contributed by atoms with Gasteiger partial charge in [0.25, 0.3) is 0 Å². The van der Waals surface area contributed by atoms with E-state index in [0.717, 1.165) is 25.9 Å². The fourth-order valence-electron chi connectivity index (χ4n) is 2.67. The molecule has 108 valence electrons. The van der Waals surface area contributed by atoms with Gasteiger partial charge < -0.3 is 23.7 Å². The van der Waals surface area contributed by atoms with Crippen LogP contribution in [0.15, 0.2) is 0 Å². The predicted octanol–water partition coefficient (Wildman–Crippen LogP) is 0.834. The average molecular weight is 272 g/mol. The van der Waals surface area contributed by atoms with E-state index in [1.54, 1.807) is 0 Å². The Balaban J connectivity index is 1.43. The van der Waals surface area contributed by atoms with E-state index < -0.39 is 6.29 Å². The second-order valence-corrected chi connectivity index (χ2v) is 5.14. The molecule has 0 aromatic heterocycles. The highest BCUT2D eigenvalue weighted by Crippen LogP contribution is 2.29. The van der Waals surface area contributed by atoms with Gasteiger partial charge in [-0.3, -0.25) is 4.79 Å². The van der Waals surface area contributed by atoms with Gasteiger partial charge in [0, 0.05) is 13.0 Å². The van der Waals surface area contributed by atoms with Crippen molar-refractivity contribution in [3.8, 4) is 0 Å². The summed E-state index contributed by atoms with van der Waals surface area (Å²) in [6.45, 7) is 2.23. The maximum atomic E-state index is 11.8. The molecule has 0 spiro atoms. The Labute approximate surface area is 112 Å². The Kier molecular flexibility index (Phi) is 4.32. The third kappa shape index (κ3) is 3.25. The van der Waals surface area contributed by atoms with Gasteiger partial charge in [-0.15, -0.1) is 0 Å². The molecule has 0 amide bonds. The molecule has 3 aliphatic rings. The van der Waals surface area contributed by atoms with Crippen molar-refractivity contribution in [3.05, 3.63) is 0 Å². The van der Waals surface area contributed by atoms with E-state index in [1.807, 2.05) is 0 Å². The fourth-order valence-corrected chi connectivity index (χ4v) is 2.67. The average Bonchev–Trinajstić information content (AvgIpc) is 3.07. The summed E-state index contributed by atoms with van der Waals surface area (Å²) in [5, 5.41) is 0. The molecule has 3 unspecified atom stereocenters. The highest BCUT2D eigenvalue weighted by molar-refractivity contribution is 5.75. The molecule has 6 heteroatoms. The normalized spacial score (nSPS) is 36.6. The third-order valence-electron chi connectivity index (χ3n) is 3.68. The standard InChI is InChI=1S/C13H20O6/c14-12-10(13-16-5-6-17-13)7-9(19-12)8-18-11-3-1-2-4-15-11/h9-11,13H,1-8H2. The Hall–Kier alpha value is -0.690. The molecule has 6 nitrogen and oxygen atoms in total. The molecule has 0 saturated carbocycles. The number of cyclic esters (lactones) is 1. The van der Waals surface area contributed by atoms with E-state index in [0.29, 0.717) is 26.2 Å². The van der Waals surface area contributed by atoms with Crippen LogP contribution < -0.4 is 0 Å². The summed E-state index contributed by atoms with van der Waals surface area (Å²) in [7, 11) is 0. The number of hydrogen-bond acceptors (Lipinski definition) is 6. The summed E-state index contributed by atoms with van der Waals surface area (Å²) in [6, 6.07) is 0. The number of rotatable bonds is 4. The quantitative estimate of drug-likeness (QED) is 0.706. The smallest absolute Gasteiger partial charge is 0.314 e. The zero-order valence-electron chi connectivity index (χ0n) is 10.9. The van der Waals surface area contributed by atoms with Gasteiger partial charge in [0.1, 0.15) is 12.0 Å². The van der Waals surface area contributed by atoms with Crippen LogP contribution in [0.2, 0.25) is 0 Å². The van der Waals surface area contributed by atoms with Gasteiger partial charge in [0.15, 0.2) is 12.6 Å². The van der Waals surface area contributed by atoms with Crippen molar-refractivity contribution >= 4 is 5.97 Å². The van der Waals surface area contributed by atoms with Crippen molar-refractivity contribution in [3.63, 3.8) is 0 Å². The van der Waals surface area contributed by atoms with Gasteiger partial charge >= 0.3 is 5.97 Å². The summed E-state index contributed by atoms with van der Waals surface area (Å²) < 4.78 is 27.1. The molecule has 3 heterocycles. The second kappa shape index (κ2) is 6.17. The van der Waals surface area contributed by atoms with Crippen molar-refractivity contribution in [2.45, 2.75) is 44.4 Å². The molecule has 3 rings (SSSR count). The molecule has 0 aromatic rings. The number of carbonyl (C=O) groups excluding carboxylic acids is 1. The molecular formula is C13H20O6. The van der Waals surface area contributed by atoms with E-state index in [4.69, 9.17) is 23.7 Å². The number of ether oxygens (including phenoxy) is 5. The molecule has 0 aliphatic carbocycles. The fraction of sp³-hybridized carbons (Fsp3) is 0.923. The lowest BCUT2D eigenvalue weighted by Crippen LogP contribution is -2.27. The van der Waals surface area contributed by atoms with Gasteiger partial charge in [0.05, 0.1) is 19.8 Å². The lowest BCUT2D eigenvalue weighted by Gasteiger charge is -2.23. The van der Waals surface area contributed by atoms with E-state index in [9.17, 15) is 4.79 Å². The predicted molar refractivity (Wildman–Crippen MR) is 63.2 cm³/mol. The summed E-state index contributed by atoms with van der Waals surface area (Å²) in [5.74, 6) is -0.562. The molecular weight excluding hydrogens is 252 g/mol. The summed E-state index contributed by atoms with van der Waals surface area (Å²) in [6.07, 6.45) is 2.93. The second-order valence-electron chi connectivity index (χ2n) is 5.14. The molecule has 3 saturated heterocycles. The first-order chi connectivity index (χ1) is 9.33. The molecule has 0 radical (unpaired) electrons. The lowest BCUT2D eigenvalue weighted by atomic mass is 10.1. The minimum Gasteiger partial charge on any atom is -0.460 e. The maximum Gasteiger partial charge on any atom is 0.314 e. The van der Waals surface area contributed by atoms with Gasteiger partial charge in [-0.1, -0.05) is 0 Å². The van der Waals surface area contributed by atoms with Crippen LogP contribution in [0.5, 0.6) is 0 Å². The van der Waals surface area contributed by atoms with Gasteiger partial charge in [-0.05, 0) is 19.3 Å². The third-order valence-corrected chi connectivity index (χ3v) is 3.68. The van der Waals surface area contributed by atoms with Crippen molar-refractivity contribution in [1.82, 2.24) is 0 Å². The summed E-state index contributed by atoms with van der Waals surface area (Å²) in [5.41, 5.74) is 0. The Morgan fingerprint density at radius 1 is 1.11 bits per heavy atom. The maximum absolute atomic E-state index is 11.8. The van der Waals surface area contributed by atoms with Crippen molar-refractivity contribution in [1.29, 1.82) is 0 Å². The SMILES string of the molecule is O=C1OC(COC2CCCCO2)CC1C1OCCO1. The number of carbonyl (C=O) groups is 1. The van der Waals surface area contributed by atoms with Crippen LogP contribution in [0.3, 0.4) is 0 Å². The van der Waals surface area contributed by atoms with Gasteiger partial charge in [-0.2, -0.15) is 0 Å². The van der Waals surface area contributed by atoms with Crippen LogP contribution in [0, 0.1) is 5.92 Å². The zero-order valence-corrected chi connectivity index (χ0v) is 10.9.